The molecule has 0 aliphatic heterocycles. The van der Waals surface area contributed by atoms with Crippen molar-refractivity contribution in [3.8, 4) is 0 Å². The minimum absolute atomic E-state index is 0.227. The van der Waals surface area contributed by atoms with Gasteiger partial charge in [-0.1, -0.05) is 0 Å². The lowest BCUT2D eigenvalue weighted by atomic mass is 10.4. The van der Waals surface area contributed by atoms with Crippen LogP contribution < -0.4 is 0 Å². The molecule has 0 unspecified atom stereocenters. The van der Waals surface area contributed by atoms with Crippen molar-refractivity contribution in [2.45, 2.75) is 13.0 Å². The third kappa shape index (κ3) is 3.26. The first-order chi connectivity index (χ1) is 7.19. The quantitative estimate of drug-likeness (QED) is 0.796. The summed E-state index contributed by atoms with van der Waals surface area (Å²) in [5.74, 6) is -0.955. The topological polar surface area (TPSA) is 68.7 Å². The lowest BCUT2D eigenvalue weighted by Crippen LogP contribution is -2.00. The number of ether oxygens (including phenoxy) is 2. The second-order valence-electron chi connectivity index (χ2n) is 2.86. The Hall–Kier alpha value is -0.980. The van der Waals surface area contributed by atoms with E-state index < -0.39 is 5.97 Å². The summed E-state index contributed by atoms with van der Waals surface area (Å²) in [6.45, 7) is 0.768. The molecule has 15 heavy (non-hydrogen) atoms. The number of thiazole rings is 1. The maximum absolute atomic E-state index is 10.9. The number of aromatic carboxylic acids is 1. The van der Waals surface area contributed by atoms with Crippen molar-refractivity contribution in [3.05, 3.63) is 15.6 Å². The molecule has 6 heteroatoms. The Balaban J connectivity index is 2.83. The van der Waals surface area contributed by atoms with Crippen LogP contribution in [0.3, 0.4) is 0 Å². The average Bonchev–Trinajstić information content (AvgIpc) is 2.59. The zero-order valence-corrected chi connectivity index (χ0v) is 9.47. The molecule has 0 aliphatic carbocycles. The molecule has 0 saturated heterocycles. The minimum atomic E-state index is -0.955. The smallest absolute Gasteiger partial charge is 0.347 e. The third-order valence-corrected chi connectivity index (χ3v) is 2.88. The van der Waals surface area contributed by atoms with Crippen molar-refractivity contribution >= 4 is 17.3 Å². The maximum atomic E-state index is 10.9. The van der Waals surface area contributed by atoms with E-state index in [1.807, 2.05) is 0 Å². The number of rotatable bonds is 6. The van der Waals surface area contributed by atoms with Crippen LogP contribution in [0.15, 0.2) is 0 Å². The number of hydrogen-bond acceptors (Lipinski definition) is 5. The van der Waals surface area contributed by atoms with Crippen molar-refractivity contribution in [1.82, 2.24) is 4.98 Å². The van der Waals surface area contributed by atoms with Gasteiger partial charge >= 0.3 is 5.97 Å². The average molecular weight is 231 g/mol. The molecule has 1 N–H and O–H groups in total. The highest BCUT2D eigenvalue weighted by Crippen LogP contribution is 2.19. The molecule has 5 nitrogen and oxygen atoms in total. The molecule has 0 fully saturated rings. The molecular formula is C9H13NO4S. The first kappa shape index (κ1) is 12.1. The number of aromatic nitrogens is 1. The number of carboxylic acids is 1. The number of carbonyl (C=O) groups is 1. The Bertz CT molecular complexity index is 337. The summed E-state index contributed by atoms with van der Waals surface area (Å²) in [7, 11) is 3.11. The molecule has 0 amide bonds. The number of carboxylic acid groups (broad SMARTS) is 1. The lowest BCUT2D eigenvalue weighted by Gasteiger charge is -1.94. The molecule has 84 valence electrons. The first-order valence-corrected chi connectivity index (χ1v) is 5.20. The highest BCUT2D eigenvalue weighted by Gasteiger charge is 2.16. The summed E-state index contributed by atoms with van der Waals surface area (Å²) < 4.78 is 9.79. The molecular weight excluding hydrogens is 218 g/mol. The molecule has 0 atom stereocenters. The largest absolute Gasteiger partial charge is 0.477 e. The highest BCUT2D eigenvalue weighted by atomic mass is 32.1. The van der Waals surface area contributed by atoms with E-state index in [2.05, 4.69) is 4.98 Å². The molecule has 0 radical (unpaired) electrons. The molecule has 0 aliphatic rings. The van der Waals surface area contributed by atoms with Crippen LogP contribution in [-0.2, 0) is 22.5 Å². The maximum Gasteiger partial charge on any atom is 0.347 e. The van der Waals surface area contributed by atoms with Crippen molar-refractivity contribution < 1.29 is 19.4 Å². The zero-order chi connectivity index (χ0) is 11.3. The fourth-order valence-electron chi connectivity index (χ4n) is 1.10. The fraction of sp³-hybridized carbons (Fsp3) is 0.556. The second-order valence-corrected chi connectivity index (χ2v) is 3.95. The Labute approximate surface area is 91.7 Å². The van der Waals surface area contributed by atoms with Gasteiger partial charge in [0.15, 0.2) is 0 Å². The predicted molar refractivity (Wildman–Crippen MR) is 55.4 cm³/mol. The Kier molecular flexibility index (Phi) is 4.67. The van der Waals surface area contributed by atoms with E-state index in [0.717, 1.165) is 5.01 Å². The van der Waals surface area contributed by atoms with Gasteiger partial charge in [-0.2, -0.15) is 0 Å². The van der Waals surface area contributed by atoms with Gasteiger partial charge in [-0.3, -0.25) is 0 Å². The molecule has 0 aromatic carbocycles. The minimum Gasteiger partial charge on any atom is -0.477 e. The monoisotopic (exact) mass is 231 g/mol. The summed E-state index contributed by atoms with van der Waals surface area (Å²) in [5.41, 5.74) is 0.487. The normalized spacial score (nSPS) is 10.5. The van der Waals surface area contributed by atoms with E-state index in [0.29, 0.717) is 18.7 Å². The van der Waals surface area contributed by atoms with Crippen molar-refractivity contribution in [2.24, 2.45) is 0 Å². The molecule has 0 saturated carbocycles. The van der Waals surface area contributed by atoms with E-state index >= 15 is 0 Å². The Morgan fingerprint density at radius 2 is 2.20 bits per heavy atom. The number of hydrogen-bond donors (Lipinski definition) is 1. The molecule has 1 aromatic rings. The van der Waals surface area contributed by atoms with Crippen molar-refractivity contribution in [2.75, 3.05) is 20.8 Å². The van der Waals surface area contributed by atoms with Gasteiger partial charge in [-0.05, 0) is 0 Å². The SMILES string of the molecule is COCCc1nc(COC)c(C(=O)O)s1. The van der Waals surface area contributed by atoms with E-state index in [1.165, 1.54) is 18.4 Å². The molecule has 1 heterocycles. The van der Waals surface area contributed by atoms with Crippen LogP contribution in [0.5, 0.6) is 0 Å². The van der Waals surface area contributed by atoms with Crippen LogP contribution in [-0.4, -0.2) is 36.9 Å². The summed E-state index contributed by atoms with van der Waals surface area (Å²) in [6.07, 6.45) is 0.630. The first-order valence-electron chi connectivity index (χ1n) is 4.38. The van der Waals surface area contributed by atoms with Gasteiger partial charge in [0.05, 0.1) is 23.9 Å². The van der Waals surface area contributed by atoms with Crippen molar-refractivity contribution in [3.63, 3.8) is 0 Å². The van der Waals surface area contributed by atoms with Crippen LogP contribution in [0.2, 0.25) is 0 Å². The van der Waals surface area contributed by atoms with Gasteiger partial charge in [0.2, 0.25) is 0 Å². The van der Waals surface area contributed by atoms with Crippen molar-refractivity contribution in [1.29, 1.82) is 0 Å². The summed E-state index contributed by atoms with van der Waals surface area (Å²) in [6, 6.07) is 0. The molecule has 0 spiro atoms. The highest BCUT2D eigenvalue weighted by molar-refractivity contribution is 7.13. The van der Waals surface area contributed by atoms with Gasteiger partial charge in [0, 0.05) is 20.6 Å². The number of nitrogens with zero attached hydrogens (tertiary/aromatic N) is 1. The van der Waals surface area contributed by atoms with Gasteiger partial charge in [0.25, 0.3) is 0 Å². The van der Waals surface area contributed by atoms with Crippen LogP contribution in [0, 0.1) is 0 Å². The van der Waals surface area contributed by atoms with E-state index in [-0.39, 0.29) is 11.5 Å². The van der Waals surface area contributed by atoms with Gasteiger partial charge in [-0.15, -0.1) is 11.3 Å². The van der Waals surface area contributed by atoms with E-state index in [1.54, 1.807) is 7.11 Å². The Morgan fingerprint density at radius 3 is 2.73 bits per heavy atom. The fourth-order valence-corrected chi connectivity index (χ4v) is 1.99. The summed E-state index contributed by atoms with van der Waals surface area (Å²) >= 11 is 1.18. The summed E-state index contributed by atoms with van der Waals surface area (Å²) in [4.78, 5) is 15.3. The second kappa shape index (κ2) is 5.79. The standard InChI is InChI=1S/C9H13NO4S/c1-13-4-3-7-10-6(5-14-2)8(15-7)9(11)12/h3-5H2,1-2H3,(H,11,12). The summed E-state index contributed by atoms with van der Waals surface area (Å²) in [5, 5.41) is 9.68. The lowest BCUT2D eigenvalue weighted by molar-refractivity contribution is 0.0697. The van der Waals surface area contributed by atoms with E-state index in [9.17, 15) is 4.79 Å². The zero-order valence-electron chi connectivity index (χ0n) is 8.65. The van der Waals surface area contributed by atoms with Crippen LogP contribution >= 0.6 is 11.3 Å². The van der Waals surface area contributed by atoms with Gasteiger partial charge in [-0.25, -0.2) is 9.78 Å². The van der Waals surface area contributed by atoms with Gasteiger partial charge in [0.1, 0.15) is 4.88 Å². The number of methoxy groups -OCH3 is 2. The van der Waals surface area contributed by atoms with E-state index in [4.69, 9.17) is 14.6 Å². The predicted octanol–water partition coefficient (Wildman–Crippen LogP) is 1.18. The van der Waals surface area contributed by atoms with Crippen LogP contribution in [0.1, 0.15) is 20.4 Å². The molecule has 1 aromatic heterocycles. The van der Waals surface area contributed by atoms with Crippen LogP contribution in [0.4, 0.5) is 0 Å². The molecule has 1 rings (SSSR count). The van der Waals surface area contributed by atoms with Gasteiger partial charge < -0.3 is 14.6 Å². The van der Waals surface area contributed by atoms with Crippen LogP contribution in [0.25, 0.3) is 0 Å². The Morgan fingerprint density at radius 1 is 1.47 bits per heavy atom. The third-order valence-electron chi connectivity index (χ3n) is 1.74. The molecule has 0 bridgehead atoms.